The van der Waals surface area contributed by atoms with E-state index in [1.807, 2.05) is 19.1 Å². The molecule has 1 aliphatic heterocycles. The lowest BCUT2D eigenvalue weighted by molar-refractivity contribution is -0.138. The Hall–Kier alpha value is -2.82. The third-order valence-electron chi connectivity index (χ3n) is 4.17. The van der Waals surface area contributed by atoms with E-state index < -0.39 is 11.9 Å². The minimum Gasteiger partial charge on any atom is -0.490 e. The molecule has 1 amide bonds. The second kappa shape index (κ2) is 6.35. The third kappa shape index (κ3) is 3.25. The Kier molecular flexibility index (Phi) is 4.25. The number of benzene rings is 2. The molecule has 0 aromatic heterocycles. The molecule has 0 spiro atoms. The molecule has 2 aromatic carbocycles. The van der Waals surface area contributed by atoms with Crippen LogP contribution in [0.2, 0.25) is 0 Å². The largest absolute Gasteiger partial charge is 0.490 e. The molecule has 2 aromatic rings. The van der Waals surface area contributed by atoms with Gasteiger partial charge in [-0.15, -0.1) is 0 Å². The van der Waals surface area contributed by atoms with Crippen LogP contribution in [0.3, 0.4) is 0 Å². The number of carboxylic acid groups (broad SMARTS) is 1. The number of carboxylic acids is 1. The van der Waals surface area contributed by atoms with Gasteiger partial charge in [-0.05, 0) is 55.3 Å². The van der Waals surface area contributed by atoms with Gasteiger partial charge in [0.05, 0.1) is 5.92 Å². The molecule has 5 nitrogen and oxygen atoms in total. The van der Waals surface area contributed by atoms with Crippen LogP contribution in [0.4, 0.5) is 5.69 Å². The molecule has 1 aliphatic rings. The lowest BCUT2D eigenvalue weighted by Gasteiger charge is -2.10. The van der Waals surface area contributed by atoms with Crippen LogP contribution in [0.1, 0.15) is 41.3 Å². The van der Waals surface area contributed by atoms with Crippen molar-refractivity contribution in [3.05, 3.63) is 59.2 Å². The normalized spacial score (nSPS) is 16.8. The number of nitrogens with one attached hydrogen (secondary N) is 1. The maximum Gasteiger partial charge on any atom is 0.310 e. The van der Waals surface area contributed by atoms with Crippen molar-refractivity contribution in [3.8, 4) is 5.75 Å². The van der Waals surface area contributed by atoms with E-state index in [-0.39, 0.29) is 12.0 Å². The summed E-state index contributed by atoms with van der Waals surface area (Å²) in [5.41, 5.74) is 2.82. The van der Waals surface area contributed by atoms with Crippen LogP contribution in [0.5, 0.6) is 5.75 Å². The van der Waals surface area contributed by atoms with E-state index in [0.29, 0.717) is 16.8 Å². The Labute approximate surface area is 140 Å². The molecule has 2 atom stereocenters. The average Bonchev–Trinajstić information content (AvgIpc) is 2.93. The Morgan fingerprint density at radius 1 is 1.25 bits per heavy atom. The van der Waals surface area contributed by atoms with Gasteiger partial charge < -0.3 is 15.2 Å². The quantitative estimate of drug-likeness (QED) is 0.903. The van der Waals surface area contributed by atoms with E-state index in [4.69, 9.17) is 9.84 Å². The zero-order valence-corrected chi connectivity index (χ0v) is 13.6. The summed E-state index contributed by atoms with van der Waals surface area (Å²) in [6, 6.07) is 12.3. The van der Waals surface area contributed by atoms with Crippen LogP contribution < -0.4 is 10.1 Å². The second-order valence-electron chi connectivity index (χ2n) is 6.09. The molecule has 0 aliphatic carbocycles. The van der Waals surface area contributed by atoms with Crippen molar-refractivity contribution in [3.63, 3.8) is 0 Å². The van der Waals surface area contributed by atoms with Crippen molar-refractivity contribution in [1.29, 1.82) is 0 Å². The Balaban J connectivity index is 1.77. The average molecular weight is 325 g/mol. The fourth-order valence-electron chi connectivity index (χ4n) is 2.79. The minimum absolute atomic E-state index is 0.132. The van der Waals surface area contributed by atoms with Crippen molar-refractivity contribution >= 4 is 17.6 Å². The fraction of sp³-hybridized carbons (Fsp3) is 0.263. The summed E-state index contributed by atoms with van der Waals surface area (Å²) >= 11 is 0. The molecule has 124 valence electrons. The Morgan fingerprint density at radius 2 is 2.04 bits per heavy atom. The third-order valence-corrected chi connectivity index (χ3v) is 4.17. The highest BCUT2D eigenvalue weighted by Gasteiger charge is 2.20. The first-order chi connectivity index (χ1) is 11.4. The van der Waals surface area contributed by atoms with Gasteiger partial charge in [0.25, 0.3) is 5.91 Å². The first-order valence-corrected chi connectivity index (χ1v) is 7.87. The highest BCUT2D eigenvalue weighted by atomic mass is 16.5. The molecule has 0 saturated carbocycles. The molecule has 5 heteroatoms. The summed E-state index contributed by atoms with van der Waals surface area (Å²) in [5.74, 6) is -0.916. The van der Waals surface area contributed by atoms with Gasteiger partial charge in [0.15, 0.2) is 0 Å². The van der Waals surface area contributed by atoms with E-state index in [2.05, 4.69) is 5.32 Å². The summed E-state index contributed by atoms with van der Waals surface area (Å²) in [4.78, 5) is 23.5. The van der Waals surface area contributed by atoms with Crippen LogP contribution in [0.25, 0.3) is 0 Å². The molecule has 3 rings (SSSR count). The lowest BCUT2D eigenvalue weighted by Crippen LogP contribution is -2.13. The predicted molar refractivity (Wildman–Crippen MR) is 90.7 cm³/mol. The lowest BCUT2D eigenvalue weighted by atomic mass is 10.0. The SMILES string of the molecule is CC1Cc2cc(C(=O)Nc3cccc(C(C)C(=O)O)c3)ccc2O1. The monoisotopic (exact) mass is 325 g/mol. The number of fused-ring (bicyclic) bond motifs is 1. The van der Waals surface area contributed by atoms with Crippen LogP contribution in [-0.4, -0.2) is 23.1 Å². The number of hydrogen-bond acceptors (Lipinski definition) is 3. The van der Waals surface area contributed by atoms with Crippen molar-refractivity contribution in [2.24, 2.45) is 0 Å². The van der Waals surface area contributed by atoms with Crippen LogP contribution >= 0.6 is 0 Å². The van der Waals surface area contributed by atoms with Crippen molar-refractivity contribution in [2.45, 2.75) is 32.3 Å². The summed E-state index contributed by atoms with van der Waals surface area (Å²) in [5, 5.41) is 11.9. The number of anilines is 1. The van der Waals surface area contributed by atoms with E-state index in [9.17, 15) is 9.59 Å². The van der Waals surface area contributed by atoms with Crippen molar-refractivity contribution in [1.82, 2.24) is 0 Å². The molecular formula is C19H19NO4. The topological polar surface area (TPSA) is 75.6 Å². The zero-order valence-electron chi connectivity index (χ0n) is 13.6. The van der Waals surface area contributed by atoms with Gasteiger partial charge in [-0.1, -0.05) is 12.1 Å². The minimum atomic E-state index is -0.897. The first-order valence-electron chi connectivity index (χ1n) is 7.87. The van der Waals surface area contributed by atoms with Crippen molar-refractivity contribution in [2.75, 3.05) is 5.32 Å². The molecule has 24 heavy (non-hydrogen) atoms. The Morgan fingerprint density at radius 3 is 2.79 bits per heavy atom. The molecule has 0 saturated heterocycles. The van der Waals surface area contributed by atoms with Gasteiger partial charge in [-0.3, -0.25) is 9.59 Å². The van der Waals surface area contributed by atoms with E-state index in [1.54, 1.807) is 37.3 Å². The summed E-state index contributed by atoms with van der Waals surface area (Å²) in [7, 11) is 0. The second-order valence-corrected chi connectivity index (χ2v) is 6.09. The maximum absolute atomic E-state index is 12.4. The highest BCUT2D eigenvalue weighted by Crippen LogP contribution is 2.29. The van der Waals surface area contributed by atoms with Gasteiger partial charge in [0.1, 0.15) is 11.9 Å². The summed E-state index contributed by atoms with van der Waals surface area (Å²) in [6.07, 6.45) is 0.926. The number of ether oxygens (including phenoxy) is 1. The van der Waals surface area contributed by atoms with Gasteiger partial charge >= 0.3 is 5.97 Å². The molecule has 2 N–H and O–H groups in total. The molecule has 2 unspecified atom stereocenters. The molecule has 0 fully saturated rings. The number of aliphatic carboxylic acids is 1. The van der Waals surface area contributed by atoms with Gasteiger partial charge in [0.2, 0.25) is 0 Å². The smallest absolute Gasteiger partial charge is 0.310 e. The van der Waals surface area contributed by atoms with Crippen LogP contribution in [0, 0.1) is 0 Å². The van der Waals surface area contributed by atoms with E-state index >= 15 is 0 Å². The molecule has 0 bridgehead atoms. The van der Waals surface area contributed by atoms with Gasteiger partial charge in [-0.2, -0.15) is 0 Å². The molecule has 1 heterocycles. The number of rotatable bonds is 4. The predicted octanol–water partition coefficient (Wildman–Crippen LogP) is 3.45. The number of hydrogen-bond donors (Lipinski definition) is 2. The fourth-order valence-corrected chi connectivity index (χ4v) is 2.79. The standard InChI is InChI=1S/C19H19NO4/c1-11-8-15-9-14(6-7-17(15)24-11)18(21)20-16-5-3-4-13(10-16)12(2)19(22)23/h3-7,9-12H,8H2,1-2H3,(H,20,21)(H,22,23). The maximum atomic E-state index is 12.4. The number of carbonyl (C=O) groups excluding carboxylic acids is 1. The summed E-state index contributed by atoms with van der Waals surface area (Å²) in [6.45, 7) is 3.61. The van der Waals surface area contributed by atoms with Crippen LogP contribution in [0.15, 0.2) is 42.5 Å². The van der Waals surface area contributed by atoms with Crippen molar-refractivity contribution < 1.29 is 19.4 Å². The van der Waals surface area contributed by atoms with Gasteiger partial charge in [0, 0.05) is 17.7 Å². The molecule has 0 radical (unpaired) electrons. The summed E-state index contributed by atoms with van der Waals surface area (Å²) < 4.78 is 5.64. The van der Waals surface area contributed by atoms with Gasteiger partial charge in [-0.25, -0.2) is 0 Å². The highest BCUT2D eigenvalue weighted by molar-refractivity contribution is 6.04. The Bertz CT molecular complexity index is 800. The van der Waals surface area contributed by atoms with Crippen LogP contribution in [-0.2, 0) is 11.2 Å². The molecular weight excluding hydrogens is 306 g/mol. The van der Waals surface area contributed by atoms with E-state index in [1.165, 1.54) is 0 Å². The van der Waals surface area contributed by atoms with E-state index in [0.717, 1.165) is 17.7 Å². The number of amides is 1. The zero-order chi connectivity index (χ0) is 17.3. The number of carbonyl (C=O) groups is 2. The first kappa shape index (κ1) is 16.1.